The van der Waals surface area contributed by atoms with Crippen molar-refractivity contribution in [3.63, 3.8) is 0 Å². The molecule has 2 fully saturated rings. The number of amides is 1. The molecule has 2 aliphatic heterocycles. The van der Waals surface area contributed by atoms with Crippen molar-refractivity contribution in [2.24, 2.45) is 0 Å². The van der Waals surface area contributed by atoms with Crippen LogP contribution in [0.5, 0.6) is 0 Å². The summed E-state index contributed by atoms with van der Waals surface area (Å²) < 4.78 is 11.3. The summed E-state index contributed by atoms with van der Waals surface area (Å²) in [7, 11) is 0. The Balaban J connectivity index is 1.50. The molecule has 1 aromatic rings. The molecule has 0 aromatic heterocycles. The van der Waals surface area contributed by atoms with Crippen molar-refractivity contribution in [1.29, 1.82) is 0 Å². The zero-order valence-electron chi connectivity index (χ0n) is 14.7. The third-order valence-corrected chi connectivity index (χ3v) is 4.66. The van der Waals surface area contributed by atoms with Crippen molar-refractivity contribution in [3.05, 3.63) is 29.8 Å². The number of ether oxygens (including phenoxy) is 2. The van der Waals surface area contributed by atoms with Crippen LogP contribution in [-0.4, -0.2) is 55.4 Å². The second-order valence-corrected chi connectivity index (χ2v) is 6.90. The smallest absolute Gasteiger partial charge is 0.254 e. The topological polar surface area (TPSA) is 50.8 Å². The van der Waals surface area contributed by atoms with E-state index < -0.39 is 0 Å². The van der Waals surface area contributed by atoms with Gasteiger partial charge in [0.1, 0.15) is 0 Å². The number of nitrogens with one attached hydrogen (secondary N) is 1. The van der Waals surface area contributed by atoms with E-state index in [1.807, 2.05) is 43.0 Å². The zero-order chi connectivity index (χ0) is 16.9. The lowest BCUT2D eigenvalue weighted by atomic mass is 10.1. The van der Waals surface area contributed by atoms with Crippen LogP contribution in [0, 0.1) is 0 Å². The van der Waals surface area contributed by atoms with E-state index in [1.165, 1.54) is 12.8 Å². The SMILES string of the molecule is C[C@@H]1CN(C(=O)c2ccc(NCC[C@H]3CCCO3)cc2)C[C@@H](C)O1. The van der Waals surface area contributed by atoms with Gasteiger partial charge >= 0.3 is 0 Å². The predicted molar refractivity (Wildman–Crippen MR) is 94.4 cm³/mol. The Hall–Kier alpha value is -1.59. The first-order valence-electron chi connectivity index (χ1n) is 9.02. The molecule has 3 atom stereocenters. The van der Waals surface area contributed by atoms with Gasteiger partial charge in [0, 0.05) is 37.5 Å². The molecule has 5 heteroatoms. The van der Waals surface area contributed by atoms with E-state index in [0.29, 0.717) is 19.2 Å². The van der Waals surface area contributed by atoms with Crippen LogP contribution in [0.3, 0.4) is 0 Å². The average Bonchev–Trinajstić information content (AvgIpc) is 3.07. The van der Waals surface area contributed by atoms with Gasteiger partial charge in [-0.2, -0.15) is 0 Å². The Bertz CT molecular complexity index is 530. The standard InChI is InChI=1S/C19H28N2O3/c1-14-12-21(13-15(2)24-14)19(22)16-5-7-17(8-6-16)20-10-9-18-4-3-11-23-18/h5-8,14-15,18,20H,3-4,9-13H2,1-2H3/t14-,15-,18-/m1/s1. The molecule has 1 aromatic carbocycles. The summed E-state index contributed by atoms with van der Waals surface area (Å²) in [6, 6.07) is 7.77. The van der Waals surface area contributed by atoms with Crippen molar-refractivity contribution >= 4 is 11.6 Å². The van der Waals surface area contributed by atoms with Gasteiger partial charge in [-0.3, -0.25) is 4.79 Å². The maximum absolute atomic E-state index is 12.6. The van der Waals surface area contributed by atoms with Gasteiger partial charge in [0.2, 0.25) is 0 Å². The van der Waals surface area contributed by atoms with Crippen LogP contribution in [0.25, 0.3) is 0 Å². The van der Waals surface area contributed by atoms with Crippen LogP contribution in [0.2, 0.25) is 0 Å². The Morgan fingerprint density at radius 1 is 1.21 bits per heavy atom. The molecule has 0 spiro atoms. The molecule has 2 saturated heterocycles. The molecule has 0 bridgehead atoms. The molecule has 1 N–H and O–H groups in total. The van der Waals surface area contributed by atoms with Crippen LogP contribution < -0.4 is 5.32 Å². The predicted octanol–water partition coefficient (Wildman–Crippen LogP) is 2.92. The van der Waals surface area contributed by atoms with Crippen molar-refractivity contribution in [1.82, 2.24) is 4.90 Å². The Morgan fingerprint density at radius 2 is 1.92 bits per heavy atom. The summed E-state index contributed by atoms with van der Waals surface area (Å²) >= 11 is 0. The molecule has 1 amide bonds. The first-order chi connectivity index (χ1) is 11.6. The Labute approximate surface area is 144 Å². The van der Waals surface area contributed by atoms with E-state index in [9.17, 15) is 4.79 Å². The van der Waals surface area contributed by atoms with Gasteiger partial charge in [0.15, 0.2) is 0 Å². The summed E-state index contributed by atoms with van der Waals surface area (Å²) in [6.45, 7) is 7.14. The van der Waals surface area contributed by atoms with Gasteiger partial charge in [-0.1, -0.05) is 0 Å². The highest BCUT2D eigenvalue weighted by atomic mass is 16.5. The van der Waals surface area contributed by atoms with E-state index in [2.05, 4.69) is 5.32 Å². The average molecular weight is 332 g/mol. The summed E-state index contributed by atoms with van der Waals surface area (Å²) in [4.78, 5) is 14.5. The van der Waals surface area contributed by atoms with Crippen LogP contribution in [0.4, 0.5) is 5.69 Å². The maximum atomic E-state index is 12.6. The highest BCUT2D eigenvalue weighted by molar-refractivity contribution is 5.94. The fourth-order valence-electron chi connectivity index (χ4n) is 3.51. The number of carbonyl (C=O) groups excluding carboxylic acids is 1. The minimum Gasteiger partial charge on any atom is -0.385 e. The lowest BCUT2D eigenvalue weighted by molar-refractivity contribution is -0.0586. The molecule has 2 heterocycles. The van der Waals surface area contributed by atoms with Crippen LogP contribution in [0.15, 0.2) is 24.3 Å². The van der Waals surface area contributed by atoms with Crippen LogP contribution in [-0.2, 0) is 9.47 Å². The summed E-state index contributed by atoms with van der Waals surface area (Å²) in [5.74, 6) is 0.0860. The third-order valence-electron chi connectivity index (χ3n) is 4.66. The quantitative estimate of drug-likeness (QED) is 0.901. The molecular weight excluding hydrogens is 304 g/mol. The maximum Gasteiger partial charge on any atom is 0.254 e. The minimum atomic E-state index is 0.0860. The monoisotopic (exact) mass is 332 g/mol. The minimum absolute atomic E-state index is 0.0860. The number of anilines is 1. The second-order valence-electron chi connectivity index (χ2n) is 6.90. The van der Waals surface area contributed by atoms with E-state index in [1.54, 1.807) is 0 Å². The zero-order valence-corrected chi connectivity index (χ0v) is 14.7. The highest BCUT2D eigenvalue weighted by Crippen LogP contribution is 2.18. The number of benzene rings is 1. The van der Waals surface area contributed by atoms with Gasteiger partial charge in [-0.15, -0.1) is 0 Å². The second kappa shape index (κ2) is 7.99. The van der Waals surface area contributed by atoms with Gasteiger partial charge in [-0.25, -0.2) is 0 Å². The van der Waals surface area contributed by atoms with Gasteiger partial charge in [-0.05, 0) is 57.4 Å². The summed E-state index contributed by atoms with van der Waals surface area (Å²) in [5, 5.41) is 3.41. The van der Waals surface area contributed by atoms with Crippen molar-refractivity contribution < 1.29 is 14.3 Å². The molecule has 5 nitrogen and oxygen atoms in total. The first kappa shape index (κ1) is 17.2. The van der Waals surface area contributed by atoms with E-state index >= 15 is 0 Å². The van der Waals surface area contributed by atoms with E-state index in [4.69, 9.17) is 9.47 Å². The molecule has 0 unspecified atom stereocenters. The van der Waals surface area contributed by atoms with Gasteiger partial charge in [0.05, 0.1) is 18.3 Å². The fraction of sp³-hybridized carbons (Fsp3) is 0.632. The van der Waals surface area contributed by atoms with E-state index in [-0.39, 0.29) is 18.1 Å². The lowest BCUT2D eigenvalue weighted by Gasteiger charge is -2.35. The van der Waals surface area contributed by atoms with Gasteiger partial charge in [0.25, 0.3) is 5.91 Å². The molecule has 3 rings (SSSR count). The molecule has 132 valence electrons. The first-order valence-corrected chi connectivity index (χ1v) is 9.02. The van der Waals surface area contributed by atoms with E-state index in [0.717, 1.165) is 30.8 Å². The summed E-state index contributed by atoms with van der Waals surface area (Å²) in [5.41, 5.74) is 1.79. The fourth-order valence-corrected chi connectivity index (χ4v) is 3.51. The molecular formula is C19H28N2O3. The molecule has 2 aliphatic rings. The largest absolute Gasteiger partial charge is 0.385 e. The third kappa shape index (κ3) is 4.48. The number of rotatable bonds is 5. The van der Waals surface area contributed by atoms with Crippen molar-refractivity contribution in [3.8, 4) is 0 Å². The van der Waals surface area contributed by atoms with Crippen molar-refractivity contribution in [2.45, 2.75) is 51.4 Å². The number of nitrogens with zero attached hydrogens (tertiary/aromatic N) is 1. The number of hydrogen-bond acceptors (Lipinski definition) is 4. The molecule has 0 radical (unpaired) electrons. The number of carbonyl (C=O) groups is 1. The number of hydrogen-bond donors (Lipinski definition) is 1. The Morgan fingerprint density at radius 3 is 2.54 bits per heavy atom. The number of morpholine rings is 1. The van der Waals surface area contributed by atoms with Crippen LogP contribution >= 0.6 is 0 Å². The highest BCUT2D eigenvalue weighted by Gasteiger charge is 2.26. The van der Waals surface area contributed by atoms with Crippen molar-refractivity contribution in [2.75, 3.05) is 31.6 Å². The van der Waals surface area contributed by atoms with Crippen LogP contribution in [0.1, 0.15) is 43.5 Å². The lowest BCUT2D eigenvalue weighted by Crippen LogP contribution is -2.48. The molecule has 0 aliphatic carbocycles. The van der Waals surface area contributed by atoms with Gasteiger partial charge < -0.3 is 19.7 Å². The Kier molecular flexibility index (Phi) is 5.74. The molecule has 24 heavy (non-hydrogen) atoms. The summed E-state index contributed by atoms with van der Waals surface area (Å²) in [6.07, 6.45) is 3.98. The molecule has 0 saturated carbocycles. The normalized spacial score (nSPS) is 27.2.